The highest BCUT2D eigenvalue weighted by atomic mass is 79.9. The molecule has 1 heterocycles. The van der Waals surface area contributed by atoms with Crippen molar-refractivity contribution in [2.24, 2.45) is 16.7 Å². The minimum atomic E-state index is -4.45. The van der Waals surface area contributed by atoms with Crippen molar-refractivity contribution in [3.05, 3.63) is 40.1 Å². The average molecular weight is 536 g/mol. The maximum Gasteiger partial charge on any atom is 0.416 e. The molecule has 33 heavy (non-hydrogen) atoms. The van der Waals surface area contributed by atoms with Gasteiger partial charge in [-0.05, 0) is 65.0 Å². The van der Waals surface area contributed by atoms with Crippen LogP contribution >= 0.6 is 15.9 Å². The number of nitrogens with zero attached hydrogens (tertiary/aromatic N) is 3. The van der Waals surface area contributed by atoms with Crippen molar-refractivity contribution in [2.45, 2.75) is 44.1 Å². The topological polar surface area (TPSA) is 149 Å². The summed E-state index contributed by atoms with van der Waals surface area (Å²) in [5, 5.41) is 16.7. The summed E-state index contributed by atoms with van der Waals surface area (Å²) in [6.07, 6.45) is -2.61. The van der Waals surface area contributed by atoms with Gasteiger partial charge in [0.1, 0.15) is 11.9 Å². The standard InChI is InChI=1S/C19H21BrF3N5O5/c20-13-6-1-10(19(21,22)23)7-14(13)31-11-2-4-12(5-3-11)32-16-8-15(33-27-16)18(24)26-28(25)9-17(29)30/h1,6-8,11-12H,2-5,9,25H2,(H2,24,26)(H,29,30). The van der Waals surface area contributed by atoms with E-state index in [1.54, 1.807) is 0 Å². The number of halogens is 4. The smallest absolute Gasteiger partial charge is 0.416 e. The molecule has 180 valence electrons. The van der Waals surface area contributed by atoms with Gasteiger partial charge in [0.15, 0.2) is 12.4 Å². The summed E-state index contributed by atoms with van der Waals surface area (Å²) in [7, 11) is 0. The molecule has 1 saturated carbocycles. The molecule has 0 bridgehead atoms. The van der Waals surface area contributed by atoms with Crippen molar-refractivity contribution in [2.75, 3.05) is 6.54 Å². The molecule has 1 fully saturated rings. The van der Waals surface area contributed by atoms with Gasteiger partial charge in [-0.1, -0.05) is 0 Å². The first kappa shape index (κ1) is 24.6. The monoisotopic (exact) mass is 535 g/mol. The molecule has 0 amide bonds. The van der Waals surface area contributed by atoms with Crippen LogP contribution in [0.15, 0.2) is 38.4 Å². The Kier molecular flexibility index (Phi) is 7.68. The van der Waals surface area contributed by atoms with Crippen molar-refractivity contribution in [3.8, 4) is 11.6 Å². The molecule has 0 unspecified atom stereocenters. The zero-order chi connectivity index (χ0) is 24.2. The molecule has 3 rings (SSSR count). The van der Waals surface area contributed by atoms with Gasteiger partial charge in [0, 0.05) is 0 Å². The second-order valence-electron chi connectivity index (χ2n) is 7.28. The van der Waals surface area contributed by atoms with Crippen LogP contribution < -0.4 is 21.1 Å². The molecule has 0 spiro atoms. The number of nitrogens with two attached hydrogens (primary N) is 2. The number of aromatic nitrogens is 1. The first-order valence-electron chi connectivity index (χ1n) is 9.76. The van der Waals surface area contributed by atoms with Crippen molar-refractivity contribution < 1.29 is 37.1 Å². The molecule has 1 aliphatic carbocycles. The number of hydrazone groups is 1. The van der Waals surface area contributed by atoms with E-state index in [0.717, 1.165) is 12.1 Å². The van der Waals surface area contributed by atoms with Gasteiger partial charge in [-0.2, -0.15) is 13.2 Å². The van der Waals surface area contributed by atoms with Crippen LogP contribution in [0.25, 0.3) is 0 Å². The number of carbonyl (C=O) groups is 1. The average Bonchev–Trinajstić information content (AvgIpc) is 3.18. The molecule has 5 N–H and O–H groups in total. The Labute approximate surface area is 194 Å². The molecule has 1 aromatic heterocycles. The Balaban J connectivity index is 1.52. The lowest BCUT2D eigenvalue weighted by Gasteiger charge is -2.29. The third-order valence-corrected chi connectivity index (χ3v) is 5.39. The highest BCUT2D eigenvalue weighted by molar-refractivity contribution is 9.10. The predicted molar refractivity (Wildman–Crippen MR) is 112 cm³/mol. The number of hydrazine groups is 1. The normalized spacial score (nSPS) is 19.2. The minimum absolute atomic E-state index is 0.0530. The lowest BCUT2D eigenvalue weighted by atomic mass is 9.95. The van der Waals surface area contributed by atoms with Gasteiger partial charge in [-0.15, -0.1) is 5.10 Å². The van der Waals surface area contributed by atoms with E-state index in [1.807, 2.05) is 0 Å². The van der Waals surface area contributed by atoms with E-state index in [4.69, 9.17) is 30.7 Å². The van der Waals surface area contributed by atoms with E-state index < -0.39 is 24.3 Å². The highest BCUT2D eigenvalue weighted by Crippen LogP contribution is 2.36. The van der Waals surface area contributed by atoms with Crippen LogP contribution in [0.2, 0.25) is 0 Å². The fraction of sp³-hybridized carbons (Fsp3) is 0.421. The molecule has 14 heteroatoms. The van der Waals surface area contributed by atoms with Crippen LogP contribution in [-0.4, -0.2) is 45.9 Å². The van der Waals surface area contributed by atoms with Gasteiger partial charge in [-0.25, -0.2) is 11.0 Å². The molecule has 0 aliphatic heterocycles. The van der Waals surface area contributed by atoms with Crippen molar-refractivity contribution in [3.63, 3.8) is 0 Å². The van der Waals surface area contributed by atoms with Crippen molar-refractivity contribution in [1.29, 1.82) is 0 Å². The summed E-state index contributed by atoms with van der Waals surface area (Å²) in [4.78, 5) is 10.6. The quantitative estimate of drug-likeness (QED) is 0.200. The second-order valence-corrected chi connectivity index (χ2v) is 8.14. The highest BCUT2D eigenvalue weighted by Gasteiger charge is 2.32. The number of hydrogen-bond acceptors (Lipinski definition) is 8. The third-order valence-electron chi connectivity index (χ3n) is 4.74. The summed E-state index contributed by atoms with van der Waals surface area (Å²) < 4.78 is 55.9. The van der Waals surface area contributed by atoms with E-state index in [2.05, 4.69) is 26.2 Å². The Hall–Kier alpha value is -3.00. The predicted octanol–water partition coefficient (Wildman–Crippen LogP) is 3.11. The summed E-state index contributed by atoms with van der Waals surface area (Å²) in [5.74, 6) is 4.39. The van der Waals surface area contributed by atoms with E-state index in [0.29, 0.717) is 35.3 Å². The summed E-state index contributed by atoms with van der Waals surface area (Å²) >= 11 is 3.22. The number of carboxylic acid groups (broad SMARTS) is 1. The Morgan fingerprint density at radius 1 is 1.24 bits per heavy atom. The van der Waals surface area contributed by atoms with Gasteiger partial charge in [-0.3, -0.25) is 4.79 Å². The molecule has 0 atom stereocenters. The van der Waals surface area contributed by atoms with E-state index in [1.165, 1.54) is 12.1 Å². The van der Waals surface area contributed by atoms with E-state index in [9.17, 15) is 18.0 Å². The number of amidine groups is 1. The fourth-order valence-corrected chi connectivity index (χ4v) is 3.53. The molecule has 0 radical (unpaired) electrons. The lowest BCUT2D eigenvalue weighted by molar-refractivity contribution is -0.139. The number of carboxylic acids is 1. The van der Waals surface area contributed by atoms with Gasteiger partial charge < -0.3 is 24.8 Å². The van der Waals surface area contributed by atoms with Gasteiger partial charge in [0.2, 0.25) is 5.76 Å². The molecule has 2 aromatic rings. The molecule has 1 aromatic carbocycles. The molecule has 1 aliphatic rings. The van der Waals surface area contributed by atoms with Crippen molar-refractivity contribution in [1.82, 2.24) is 10.3 Å². The number of benzene rings is 1. The first-order chi connectivity index (χ1) is 15.5. The summed E-state index contributed by atoms with van der Waals surface area (Å²) in [5.41, 5.74) is 4.94. The van der Waals surface area contributed by atoms with Crippen LogP contribution in [-0.2, 0) is 11.0 Å². The molecular weight excluding hydrogens is 515 g/mol. The van der Waals surface area contributed by atoms with Crippen LogP contribution in [0.3, 0.4) is 0 Å². The van der Waals surface area contributed by atoms with Crippen molar-refractivity contribution >= 4 is 27.7 Å². The molecule has 0 saturated heterocycles. The largest absolute Gasteiger partial charge is 0.489 e. The summed E-state index contributed by atoms with van der Waals surface area (Å²) in [6, 6.07) is 4.68. The Morgan fingerprint density at radius 2 is 1.88 bits per heavy atom. The zero-order valence-electron chi connectivity index (χ0n) is 17.1. The maximum absolute atomic E-state index is 13.0. The third kappa shape index (κ3) is 6.99. The number of ether oxygens (including phenoxy) is 2. The van der Waals surface area contributed by atoms with Crippen LogP contribution in [0.4, 0.5) is 13.2 Å². The number of alkyl halides is 3. The van der Waals surface area contributed by atoms with Gasteiger partial charge in [0.05, 0.1) is 22.2 Å². The maximum atomic E-state index is 13.0. The number of rotatable bonds is 8. The van der Waals surface area contributed by atoms with Gasteiger partial charge >= 0.3 is 12.1 Å². The van der Waals surface area contributed by atoms with E-state index >= 15 is 0 Å². The Bertz CT molecular complexity index is 1010. The number of aliphatic carboxylic acids is 1. The Morgan fingerprint density at radius 3 is 2.48 bits per heavy atom. The van der Waals surface area contributed by atoms with Gasteiger partial charge in [0.25, 0.3) is 5.88 Å². The summed E-state index contributed by atoms with van der Waals surface area (Å²) in [6.45, 7) is -0.555. The van der Waals surface area contributed by atoms with Crippen LogP contribution in [0, 0.1) is 0 Å². The number of hydrogen-bond donors (Lipinski definition) is 3. The van der Waals surface area contributed by atoms with Crippen LogP contribution in [0.1, 0.15) is 37.0 Å². The lowest BCUT2D eigenvalue weighted by Crippen LogP contribution is -2.33. The zero-order valence-corrected chi connectivity index (χ0v) is 18.7. The molecule has 10 nitrogen and oxygen atoms in total. The van der Waals surface area contributed by atoms with Crippen LogP contribution in [0.5, 0.6) is 11.6 Å². The fourth-order valence-electron chi connectivity index (χ4n) is 3.19. The first-order valence-corrected chi connectivity index (χ1v) is 10.6. The molecular formula is C19H21BrF3N5O5. The SMILES string of the molecule is N/C(=N\N(N)CC(=O)O)c1cc(OC2CCC(Oc3cc(C(F)(F)F)ccc3Br)CC2)no1. The minimum Gasteiger partial charge on any atom is -0.489 e. The second kappa shape index (κ2) is 10.3. The van der Waals surface area contributed by atoms with E-state index in [-0.39, 0.29) is 35.4 Å².